The van der Waals surface area contributed by atoms with Crippen molar-refractivity contribution in [1.29, 1.82) is 0 Å². The third kappa shape index (κ3) is 2.25. The lowest BCUT2D eigenvalue weighted by Gasteiger charge is -2.26. The predicted octanol–water partition coefficient (Wildman–Crippen LogP) is 0.239. The van der Waals surface area contributed by atoms with Crippen LogP contribution >= 0.6 is 0 Å². The van der Waals surface area contributed by atoms with Crippen molar-refractivity contribution in [2.45, 2.75) is 31.3 Å². The number of carbonyl (C=O) groups is 1. The van der Waals surface area contributed by atoms with E-state index in [4.69, 9.17) is 5.11 Å². The average molecular weight is 198 g/mol. The monoisotopic (exact) mass is 198 g/mol. The average Bonchev–Trinajstić information content (AvgIpc) is 2.85. The molecule has 1 N–H and O–H groups in total. The molecule has 1 atom stereocenters. The first-order valence-electron chi connectivity index (χ1n) is 5.33. The van der Waals surface area contributed by atoms with Crippen LogP contribution in [0.2, 0.25) is 0 Å². The van der Waals surface area contributed by atoms with Gasteiger partial charge in [0.2, 0.25) is 0 Å². The van der Waals surface area contributed by atoms with Gasteiger partial charge in [-0.15, -0.1) is 0 Å². The fourth-order valence-electron chi connectivity index (χ4n) is 2.30. The number of carboxylic acid groups (broad SMARTS) is 1. The quantitative estimate of drug-likeness (QED) is 0.702. The molecule has 1 aliphatic carbocycles. The van der Waals surface area contributed by atoms with E-state index in [9.17, 15) is 4.79 Å². The SMILES string of the molecule is CN1CC[C@@H](N(CC(=O)O)C2CC2)C1. The van der Waals surface area contributed by atoms with Crippen LogP contribution in [-0.2, 0) is 4.79 Å². The van der Waals surface area contributed by atoms with Crippen molar-refractivity contribution < 1.29 is 9.90 Å². The lowest BCUT2D eigenvalue weighted by molar-refractivity contribution is -0.139. The molecule has 1 heterocycles. The van der Waals surface area contributed by atoms with Crippen LogP contribution in [-0.4, -0.2) is 59.6 Å². The van der Waals surface area contributed by atoms with E-state index >= 15 is 0 Å². The van der Waals surface area contributed by atoms with Gasteiger partial charge in [-0.25, -0.2) is 0 Å². The lowest BCUT2D eigenvalue weighted by atomic mass is 10.2. The zero-order chi connectivity index (χ0) is 10.1. The van der Waals surface area contributed by atoms with E-state index in [-0.39, 0.29) is 6.54 Å². The maximum Gasteiger partial charge on any atom is 0.317 e. The molecule has 2 rings (SSSR count). The molecule has 1 aliphatic heterocycles. The van der Waals surface area contributed by atoms with Gasteiger partial charge in [0.25, 0.3) is 0 Å². The van der Waals surface area contributed by atoms with Gasteiger partial charge in [-0.3, -0.25) is 9.69 Å². The van der Waals surface area contributed by atoms with Gasteiger partial charge in [-0.05, 0) is 32.9 Å². The second-order valence-corrected chi connectivity index (χ2v) is 4.50. The maximum atomic E-state index is 10.7. The van der Waals surface area contributed by atoms with Crippen molar-refractivity contribution in [3.63, 3.8) is 0 Å². The van der Waals surface area contributed by atoms with Gasteiger partial charge >= 0.3 is 5.97 Å². The smallest absolute Gasteiger partial charge is 0.317 e. The van der Waals surface area contributed by atoms with Crippen molar-refractivity contribution in [2.24, 2.45) is 0 Å². The zero-order valence-corrected chi connectivity index (χ0v) is 8.65. The molecule has 2 fully saturated rings. The van der Waals surface area contributed by atoms with E-state index in [1.807, 2.05) is 0 Å². The largest absolute Gasteiger partial charge is 0.480 e. The molecule has 0 radical (unpaired) electrons. The molecule has 2 aliphatic rings. The minimum Gasteiger partial charge on any atom is -0.480 e. The number of likely N-dealkylation sites (N-methyl/N-ethyl adjacent to an activating group) is 1. The summed E-state index contributed by atoms with van der Waals surface area (Å²) in [4.78, 5) is 15.2. The van der Waals surface area contributed by atoms with Crippen LogP contribution < -0.4 is 0 Å². The van der Waals surface area contributed by atoms with Gasteiger partial charge < -0.3 is 10.0 Å². The molecule has 4 heteroatoms. The van der Waals surface area contributed by atoms with Crippen LogP contribution in [0.4, 0.5) is 0 Å². The van der Waals surface area contributed by atoms with Crippen molar-refractivity contribution in [2.75, 3.05) is 26.7 Å². The Morgan fingerprint density at radius 2 is 2.14 bits per heavy atom. The number of carboxylic acids is 1. The summed E-state index contributed by atoms with van der Waals surface area (Å²) in [6.45, 7) is 2.36. The lowest BCUT2D eigenvalue weighted by Crippen LogP contribution is -2.42. The Morgan fingerprint density at radius 3 is 2.57 bits per heavy atom. The third-order valence-electron chi connectivity index (χ3n) is 3.17. The van der Waals surface area contributed by atoms with Gasteiger partial charge in [0.1, 0.15) is 0 Å². The van der Waals surface area contributed by atoms with Crippen molar-refractivity contribution in [3.8, 4) is 0 Å². The highest BCUT2D eigenvalue weighted by Crippen LogP contribution is 2.30. The standard InChI is InChI=1S/C10H18N2O2/c1-11-5-4-9(6-11)12(7-10(13)14)8-2-3-8/h8-9H,2-7H2,1H3,(H,13,14)/t9-/m1/s1. The summed E-state index contributed by atoms with van der Waals surface area (Å²) in [7, 11) is 2.10. The van der Waals surface area contributed by atoms with Crippen LogP contribution in [0.3, 0.4) is 0 Å². The summed E-state index contributed by atoms with van der Waals surface area (Å²) in [5, 5.41) is 8.83. The highest BCUT2D eigenvalue weighted by atomic mass is 16.4. The zero-order valence-electron chi connectivity index (χ0n) is 8.65. The Kier molecular flexibility index (Phi) is 2.74. The molecule has 0 bridgehead atoms. The second kappa shape index (κ2) is 3.87. The molecule has 4 nitrogen and oxygen atoms in total. The second-order valence-electron chi connectivity index (χ2n) is 4.50. The molecular formula is C10H18N2O2. The summed E-state index contributed by atoms with van der Waals surface area (Å²) < 4.78 is 0. The molecule has 0 aromatic rings. The Labute approximate surface area is 84.5 Å². The predicted molar refractivity (Wildman–Crippen MR) is 53.3 cm³/mol. The number of rotatable bonds is 4. The van der Waals surface area contributed by atoms with E-state index in [0.29, 0.717) is 12.1 Å². The van der Waals surface area contributed by atoms with E-state index in [1.54, 1.807) is 0 Å². The van der Waals surface area contributed by atoms with E-state index in [2.05, 4.69) is 16.8 Å². The first kappa shape index (κ1) is 9.93. The first-order valence-corrected chi connectivity index (χ1v) is 5.33. The van der Waals surface area contributed by atoms with Gasteiger partial charge in [-0.2, -0.15) is 0 Å². The van der Waals surface area contributed by atoms with Crippen LogP contribution in [0.1, 0.15) is 19.3 Å². The molecule has 1 saturated carbocycles. The summed E-state index contributed by atoms with van der Waals surface area (Å²) in [5.74, 6) is -0.688. The summed E-state index contributed by atoms with van der Waals surface area (Å²) in [6, 6.07) is 1.03. The van der Waals surface area contributed by atoms with Crippen LogP contribution in [0.5, 0.6) is 0 Å². The molecular weight excluding hydrogens is 180 g/mol. The maximum absolute atomic E-state index is 10.7. The highest BCUT2D eigenvalue weighted by Gasteiger charge is 2.37. The Bertz CT molecular complexity index is 228. The van der Waals surface area contributed by atoms with E-state index < -0.39 is 5.97 Å². The van der Waals surface area contributed by atoms with Crippen molar-refractivity contribution in [3.05, 3.63) is 0 Å². The third-order valence-corrected chi connectivity index (χ3v) is 3.17. The summed E-state index contributed by atoms with van der Waals surface area (Å²) in [6.07, 6.45) is 3.50. The minimum atomic E-state index is -0.688. The number of likely N-dealkylation sites (tertiary alicyclic amines) is 1. The molecule has 0 amide bonds. The van der Waals surface area contributed by atoms with E-state index in [0.717, 1.165) is 19.5 Å². The number of hydrogen-bond donors (Lipinski definition) is 1. The Morgan fingerprint density at radius 1 is 1.43 bits per heavy atom. The molecule has 0 aromatic heterocycles. The van der Waals surface area contributed by atoms with Gasteiger partial charge in [0.05, 0.1) is 6.54 Å². The Balaban J connectivity index is 1.92. The molecule has 0 spiro atoms. The molecule has 0 unspecified atom stereocenters. The first-order chi connectivity index (χ1) is 6.66. The summed E-state index contributed by atoms with van der Waals surface area (Å²) >= 11 is 0. The number of hydrogen-bond acceptors (Lipinski definition) is 3. The van der Waals surface area contributed by atoms with Gasteiger partial charge in [0.15, 0.2) is 0 Å². The highest BCUT2D eigenvalue weighted by molar-refractivity contribution is 5.69. The molecule has 80 valence electrons. The van der Waals surface area contributed by atoms with Gasteiger partial charge in [-0.1, -0.05) is 0 Å². The fraction of sp³-hybridized carbons (Fsp3) is 0.900. The van der Waals surface area contributed by atoms with Crippen molar-refractivity contribution in [1.82, 2.24) is 9.80 Å². The Hall–Kier alpha value is -0.610. The van der Waals surface area contributed by atoms with Crippen LogP contribution in [0, 0.1) is 0 Å². The van der Waals surface area contributed by atoms with Gasteiger partial charge in [0, 0.05) is 18.6 Å². The molecule has 1 saturated heterocycles. The fourth-order valence-corrected chi connectivity index (χ4v) is 2.30. The normalized spacial score (nSPS) is 28.6. The number of nitrogens with zero attached hydrogens (tertiary/aromatic N) is 2. The van der Waals surface area contributed by atoms with Crippen molar-refractivity contribution >= 4 is 5.97 Å². The number of aliphatic carboxylic acids is 1. The molecule has 14 heavy (non-hydrogen) atoms. The summed E-state index contributed by atoms with van der Waals surface area (Å²) in [5.41, 5.74) is 0. The topological polar surface area (TPSA) is 43.8 Å². The van der Waals surface area contributed by atoms with Crippen LogP contribution in [0.25, 0.3) is 0 Å². The van der Waals surface area contributed by atoms with E-state index in [1.165, 1.54) is 12.8 Å². The molecule has 0 aromatic carbocycles. The van der Waals surface area contributed by atoms with Crippen LogP contribution in [0.15, 0.2) is 0 Å². The minimum absolute atomic E-state index is 0.225.